The lowest BCUT2D eigenvalue weighted by Crippen LogP contribution is -2.11. The summed E-state index contributed by atoms with van der Waals surface area (Å²) in [7, 11) is 0. The molecule has 0 radical (unpaired) electrons. The highest BCUT2D eigenvalue weighted by molar-refractivity contribution is 6.23. The molecule has 1 aliphatic carbocycles. The van der Waals surface area contributed by atoms with Crippen LogP contribution in [0.1, 0.15) is 43.6 Å². The molecule has 13 rings (SSSR count). The third-order valence-electron chi connectivity index (χ3n) is 14.4. The molecule has 66 heavy (non-hydrogen) atoms. The lowest BCUT2D eigenvalue weighted by Gasteiger charge is -2.28. The van der Waals surface area contributed by atoms with E-state index >= 15 is 0 Å². The second-order valence-electron chi connectivity index (χ2n) is 18.3. The van der Waals surface area contributed by atoms with E-state index in [1.54, 1.807) is 0 Å². The number of para-hydroxylation sites is 2. The van der Waals surface area contributed by atoms with Crippen molar-refractivity contribution in [3.8, 4) is 33.4 Å². The minimum Gasteiger partial charge on any atom is -0.454 e. The Morgan fingerprint density at radius 2 is 0.864 bits per heavy atom. The summed E-state index contributed by atoms with van der Waals surface area (Å²) in [5.41, 5.74) is 13.7. The molecular weight excluding hydrogens is 799 g/mol. The number of anilines is 3. The zero-order valence-corrected chi connectivity index (χ0v) is 36.8. The first kappa shape index (κ1) is 38.5. The number of hydrogen-bond donors (Lipinski definition) is 0. The van der Waals surface area contributed by atoms with Crippen molar-refractivity contribution in [3.05, 3.63) is 224 Å². The number of rotatable bonds is 7. The zero-order valence-electron chi connectivity index (χ0n) is 36.8. The van der Waals surface area contributed by atoms with Crippen molar-refractivity contribution in [1.29, 1.82) is 0 Å². The number of hydrogen-bond acceptors (Lipinski definition) is 2. The fraction of sp³-hybridized carbons (Fsp3) is 0.0938. The van der Waals surface area contributed by atoms with E-state index in [0.29, 0.717) is 5.92 Å². The van der Waals surface area contributed by atoms with Gasteiger partial charge in [-0.2, -0.15) is 0 Å². The minimum atomic E-state index is 0.511. The van der Waals surface area contributed by atoms with E-state index < -0.39 is 0 Å². The van der Waals surface area contributed by atoms with Gasteiger partial charge in [-0.25, -0.2) is 0 Å². The Balaban J connectivity index is 0.968. The standard InChI is InChI=1S/C64H47NO/c1-2-15-45(16-3-1)58-22-12-23-59-62-57-21-9-8-19-53(57)41-61(64(62)66-63(58)59)65(60-24-11-10-20-56(60)54-32-26-43-14-5-7-18-47(43)40-54)55-35-33-44(34-36-55)48-28-29-51-39-52(31-30-50(51)38-48)49-27-25-42-13-4-6-17-46(42)37-49/h4-14,17-41,45H,1-3,15-16H2. The molecule has 1 aliphatic rings. The van der Waals surface area contributed by atoms with E-state index in [-0.39, 0.29) is 0 Å². The summed E-state index contributed by atoms with van der Waals surface area (Å²) < 4.78 is 7.35. The van der Waals surface area contributed by atoms with Gasteiger partial charge in [-0.15, -0.1) is 0 Å². The first-order chi connectivity index (χ1) is 32.7. The monoisotopic (exact) mass is 845 g/mol. The average Bonchev–Trinajstić information content (AvgIpc) is 3.79. The third kappa shape index (κ3) is 6.63. The van der Waals surface area contributed by atoms with Crippen molar-refractivity contribution in [3.63, 3.8) is 0 Å². The summed E-state index contributed by atoms with van der Waals surface area (Å²) in [4.78, 5) is 2.44. The van der Waals surface area contributed by atoms with Crippen LogP contribution in [-0.2, 0) is 0 Å². The molecule has 1 aromatic heterocycles. The smallest absolute Gasteiger partial charge is 0.160 e. The van der Waals surface area contributed by atoms with Gasteiger partial charge in [0.2, 0.25) is 0 Å². The van der Waals surface area contributed by atoms with E-state index in [0.717, 1.165) is 33.8 Å². The predicted octanol–water partition coefficient (Wildman–Crippen LogP) is 18.7. The van der Waals surface area contributed by atoms with Crippen LogP contribution in [0.3, 0.4) is 0 Å². The summed E-state index contributed by atoms with van der Waals surface area (Å²) in [6.45, 7) is 0. The summed E-state index contributed by atoms with van der Waals surface area (Å²) >= 11 is 0. The normalized spacial score (nSPS) is 13.4. The Labute approximate surface area is 385 Å². The topological polar surface area (TPSA) is 16.4 Å². The van der Waals surface area contributed by atoms with Gasteiger partial charge in [-0.1, -0.05) is 189 Å². The van der Waals surface area contributed by atoms with Gasteiger partial charge in [-0.05, 0) is 144 Å². The van der Waals surface area contributed by atoms with Crippen LogP contribution in [0, 0.1) is 0 Å². The Morgan fingerprint density at radius 1 is 0.348 bits per heavy atom. The zero-order chi connectivity index (χ0) is 43.6. The van der Waals surface area contributed by atoms with Crippen LogP contribution in [0.25, 0.3) is 98.4 Å². The Hall–Kier alpha value is -7.94. The molecule has 12 aromatic rings. The molecule has 1 heterocycles. The average molecular weight is 846 g/mol. The maximum atomic E-state index is 7.35. The van der Waals surface area contributed by atoms with E-state index in [1.807, 2.05) is 0 Å². The van der Waals surface area contributed by atoms with Crippen LogP contribution in [0.4, 0.5) is 17.1 Å². The van der Waals surface area contributed by atoms with Gasteiger partial charge < -0.3 is 9.32 Å². The summed E-state index contributed by atoms with van der Waals surface area (Å²) in [6.07, 6.45) is 6.30. The summed E-state index contributed by atoms with van der Waals surface area (Å²) in [6, 6.07) is 80.5. The molecule has 0 amide bonds. The van der Waals surface area contributed by atoms with Gasteiger partial charge in [-0.3, -0.25) is 0 Å². The molecule has 2 heteroatoms. The first-order valence-electron chi connectivity index (χ1n) is 23.6. The van der Waals surface area contributed by atoms with Gasteiger partial charge in [0.25, 0.3) is 0 Å². The fourth-order valence-corrected chi connectivity index (χ4v) is 11.0. The van der Waals surface area contributed by atoms with Gasteiger partial charge in [0.1, 0.15) is 5.58 Å². The molecule has 1 saturated carbocycles. The second kappa shape index (κ2) is 15.9. The van der Waals surface area contributed by atoms with Crippen molar-refractivity contribution in [1.82, 2.24) is 0 Å². The third-order valence-corrected chi connectivity index (χ3v) is 14.4. The van der Waals surface area contributed by atoms with Crippen LogP contribution in [0.5, 0.6) is 0 Å². The van der Waals surface area contributed by atoms with E-state index in [9.17, 15) is 0 Å². The summed E-state index contributed by atoms with van der Waals surface area (Å²) in [5, 5.41) is 12.2. The van der Waals surface area contributed by atoms with Crippen LogP contribution in [0.2, 0.25) is 0 Å². The molecular formula is C64H47NO. The number of fused-ring (bicyclic) bond motifs is 8. The van der Waals surface area contributed by atoms with Crippen LogP contribution < -0.4 is 4.90 Å². The minimum absolute atomic E-state index is 0.511. The maximum Gasteiger partial charge on any atom is 0.160 e. The molecule has 0 saturated heterocycles. The molecule has 2 nitrogen and oxygen atoms in total. The van der Waals surface area contributed by atoms with Crippen molar-refractivity contribution in [2.24, 2.45) is 0 Å². The Kier molecular flexibility index (Phi) is 9.30. The number of benzene rings is 11. The van der Waals surface area contributed by atoms with Crippen molar-refractivity contribution < 1.29 is 4.42 Å². The molecule has 1 fully saturated rings. The molecule has 314 valence electrons. The van der Waals surface area contributed by atoms with E-state index in [2.05, 4.69) is 223 Å². The van der Waals surface area contributed by atoms with Crippen molar-refractivity contribution >= 4 is 82.1 Å². The fourth-order valence-electron chi connectivity index (χ4n) is 11.0. The van der Waals surface area contributed by atoms with Crippen molar-refractivity contribution in [2.45, 2.75) is 38.0 Å². The van der Waals surface area contributed by atoms with Crippen LogP contribution in [0.15, 0.2) is 223 Å². The molecule has 0 unspecified atom stereocenters. The Morgan fingerprint density at radius 3 is 1.56 bits per heavy atom. The van der Waals surface area contributed by atoms with E-state index in [4.69, 9.17) is 4.42 Å². The highest BCUT2D eigenvalue weighted by Crippen LogP contribution is 2.50. The molecule has 0 spiro atoms. The van der Waals surface area contributed by atoms with Gasteiger partial charge >= 0.3 is 0 Å². The lowest BCUT2D eigenvalue weighted by molar-refractivity contribution is 0.442. The van der Waals surface area contributed by atoms with Gasteiger partial charge in [0, 0.05) is 22.0 Å². The first-order valence-corrected chi connectivity index (χ1v) is 23.6. The van der Waals surface area contributed by atoms with Gasteiger partial charge in [0.15, 0.2) is 5.58 Å². The molecule has 0 aliphatic heterocycles. The lowest BCUT2D eigenvalue weighted by atomic mass is 9.83. The number of nitrogens with zero attached hydrogens (tertiary/aromatic N) is 1. The Bertz CT molecular complexity index is 3810. The highest BCUT2D eigenvalue weighted by Gasteiger charge is 2.26. The number of furan rings is 1. The van der Waals surface area contributed by atoms with Crippen molar-refractivity contribution in [2.75, 3.05) is 4.90 Å². The summed E-state index contributed by atoms with van der Waals surface area (Å²) in [5.74, 6) is 0.511. The second-order valence-corrected chi connectivity index (χ2v) is 18.3. The SMILES string of the molecule is c1ccc(N(c2ccc(-c3ccc4cc(-c5ccc6ccccc6c5)ccc4c3)cc2)c2cc3ccccc3c3c2oc2c(C4CCCCC4)cccc23)c(-c2ccc3ccccc3c2)c1. The highest BCUT2D eigenvalue weighted by atomic mass is 16.3. The maximum absolute atomic E-state index is 7.35. The molecule has 0 bridgehead atoms. The van der Waals surface area contributed by atoms with Crippen LogP contribution in [-0.4, -0.2) is 0 Å². The molecule has 11 aromatic carbocycles. The quantitative estimate of drug-likeness (QED) is 0.159. The molecule has 0 N–H and O–H groups in total. The predicted molar refractivity (Wildman–Crippen MR) is 281 cm³/mol. The van der Waals surface area contributed by atoms with Crippen LogP contribution >= 0.6 is 0 Å². The van der Waals surface area contributed by atoms with Gasteiger partial charge in [0.05, 0.1) is 11.4 Å². The largest absolute Gasteiger partial charge is 0.454 e. The molecule has 0 atom stereocenters. The van der Waals surface area contributed by atoms with E-state index in [1.165, 1.54) is 119 Å².